The minimum Gasteiger partial charge on any atom is -0.342 e. The molecule has 2 heterocycles. The molecule has 0 saturated heterocycles. The van der Waals surface area contributed by atoms with Gasteiger partial charge in [0.1, 0.15) is 0 Å². The molecule has 0 amide bonds. The van der Waals surface area contributed by atoms with Gasteiger partial charge in [-0.1, -0.05) is 17.3 Å². The zero-order chi connectivity index (χ0) is 9.38. The van der Waals surface area contributed by atoms with Gasteiger partial charge in [-0.05, 0) is 12.1 Å². The molecule has 0 spiro atoms. The van der Waals surface area contributed by atoms with E-state index in [0.29, 0.717) is 5.82 Å². The van der Waals surface area contributed by atoms with Crippen LogP contribution in [0.4, 0.5) is 0 Å². The van der Waals surface area contributed by atoms with Gasteiger partial charge in [0.2, 0.25) is 12.2 Å². The van der Waals surface area contributed by atoms with Crippen LogP contribution in [-0.4, -0.2) is 15.1 Å². The smallest absolute Gasteiger partial charge is 0.231 e. The summed E-state index contributed by atoms with van der Waals surface area (Å²) in [6.45, 7) is 0. The van der Waals surface area contributed by atoms with Gasteiger partial charge in [0.15, 0.2) is 5.01 Å². The van der Waals surface area contributed by atoms with Gasteiger partial charge in [0, 0.05) is 0 Å². The van der Waals surface area contributed by atoms with Crippen molar-refractivity contribution in [1.82, 2.24) is 15.1 Å². The molecule has 2 aromatic heterocycles. The molecule has 0 unspecified atom stereocenters. The number of hydrogen-bond acceptors (Lipinski definition) is 5. The molecule has 5 heteroatoms. The van der Waals surface area contributed by atoms with E-state index in [9.17, 15) is 0 Å². The van der Waals surface area contributed by atoms with E-state index in [-0.39, 0.29) is 0 Å². The van der Waals surface area contributed by atoms with Gasteiger partial charge in [-0.25, -0.2) is 4.98 Å². The van der Waals surface area contributed by atoms with Crippen molar-refractivity contribution in [3.05, 3.63) is 30.7 Å². The molecule has 0 aliphatic rings. The Kier molecular flexibility index (Phi) is 1.57. The summed E-state index contributed by atoms with van der Waals surface area (Å²) in [4.78, 5) is 8.34. The fourth-order valence-corrected chi connectivity index (χ4v) is 2.13. The van der Waals surface area contributed by atoms with Gasteiger partial charge in [0.05, 0.1) is 10.2 Å². The van der Waals surface area contributed by atoms with Crippen molar-refractivity contribution in [2.24, 2.45) is 0 Å². The van der Waals surface area contributed by atoms with Crippen molar-refractivity contribution in [3.63, 3.8) is 0 Å². The summed E-state index contributed by atoms with van der Waals surface area (Å²) < 4.78 is 5.80. The van der Waals surface area contributed by atoms with E-state index in [0.717, 1.165) is 15.2 Å². The molecular weight excluding hydrogens is 198 g/mol. The number of para-hydroxylation sites is 1. The first-order valence-corrected chi connectivity index (χ1v) is 4.87. The van der Waals surface area contributed by atoms with Gasteiger partial charge in [0.25, 0.3) is 0 Å². The third-order valence-electron chi connectivity index (χ3n) is 1.85. The summed E-state index contributed by atoms with van der Waals surface area (Å²) in [5.41, 5.74) is 0.970. The van der Waals surface area contributed by atoms with E-state index < -0.39 is 0 Å². The molecule has 68 valence electrons. The molecule has 0 bridgehead atoms. The summed E-state index contributed by atoms with van der Waals surface area (Å²) in [6.07, 6.45) is 1.31. The van der Waals surface area contributed by atoms with Crippen molar-refractivity contribution in [1.29, 1.82) is 0 Å². The summed E-state index contributed by atoms with van der Waals surface area (Å²) in [7, 11) is 0. The standard InChI is InChI=1S/C9H5N3OS/c1-2-4-7-6(3-1)11-9(14-7)8-10-5-13-12-8/h1-5H. The predicted octanol–water partition coefficient (Wildman–Crippen LogP) is 2.35. The van der Waals surface area contributed by atoms with E-state index in [1.807, 2.05) is 24.3 Å². The lowest BCUT2D eigenvalue weighted by Gasteiger charge is -1.80. The molecule has 0 atom stereocenters. The van der Waals surface area contributed by atoms with Crippen LogP contribution in [0, 0.1) is 0 Å². The average Bonchev–Trinajstić information content (AvgIpc) is 2.86. The lowest BCUT2D eigenvalue weighted by molar-refractivity contribution is 0.418. The highest BCUT2D eigenvalue weighted by Crippen LogP contribution is 2.27. The molecule has 0 aliphatic carbocycles. The number of thiazole rings is 1. The van der Waals surface area contributed by atoms with Crippen LogP contribution < -0.4 is 0 Å². The van der Waals surface area contributed by atoms with E-state index in [1.54, 1.807) is 11.3 Å². The molecule has 0 fully saturated rings. The Hall–Kier alpha value is -1.75. The van der Waals surface area contributed by atoms with Crippen LogP contribution in [0.15, 0.2) is 35.2 Å². The van der Waals surface area contributed by atoms with E-state index in [1.165, 1.54) is 6.39 Å². The SMILES string of the molecule is c1ccc2sc(-c3ncon3)nc2c1. The first-order chi connectivity index (χ1) is 6.93. The van der Waals surface area contributed by atoms with Gasteiger partial charge in [-0.15, -0.1) is 11.3 Å². The van der Waals surface area contributed by atoms with Crippen molar-refractivity contribution in [2.45, 2.75) is 0 Å². The maximum absolute atomic E-state index is 4.67. The molecular formula is C9H5N3OS. The number of nitrogens with zero attached hydrogens (tertiary/aromatic N) is 3. The number of fused-ring (bicyclic) bond motifs is 1. The molecule has 4 nitrogen and oxygen atoms in total. The summed E-state index contributed by atoms with van der Waals surface area (Å²) in [5, 5.41) is 4.54. The van der Waals surface area contributed by atoms with Crippen molar-refractivity contribution >= 4 is 21.6 Å². The van der Waals surface area contributed by atoms with Crippen LogP contribution in [0.5, 0.6) is 0 Å². The van der Waals surface area contributed by atoms with Gasteiger partial charge < -0.3 is 4.52 Å². The minimum absolute atomic E-state index is 0.547. The summed E-state index contributed by atoms with van der Waals surface area (Å²) >= 11 is 1.56. The van der Waals surface area contributed by atoms with Crippen LogP contribution in [0.25, 0.3) is 21.0 Å². The minimum atomic E-state index is 0.547. The van der Waals surface area contributed by atoms with Crippen LogP contribution in [0.2, 0.25) is 0 Å². The van der Waals surface area contributed by atoms with E-state index in [4.69, 9.17) is 0 Å². The molecule has 1 aromatic carbocycles. The van der Waals surface area contributed by atoms with E-state index in [2.05, 4.69) is 19.6 Å². The Morgan fingerprint density at radius 1 is 1.21 bits per heavy atom. The third-order valence-corrected chi connectivity index (χ3v) is 2.88. The zero-order valence-corrected chi connectivity index (χ0v) is 7.86. The van der Waals surface area contributed by atoms with Gasteiger partial charge in [-0.3, -0.25) is 0 Å². The quantitative estimate of drug-likeness (QED) is 0.609. The second-order valence-corrected chi connectivity index (χ2v) is 3.77. The van der Waals surface area contributed by atoms with Gasteiger partial charge >= 0.3 is 0 Å². The Bertz CT molecular complexity index is 525. The normalized spacial score (nSPS) is 10.9. The Morgan fingerprint density at radius 2 is 2.14 bits per heavy atom. The first-order valence-electron chi connectivity index (χ1n) is 4.06. The number of benzene rings is 1. The number of hydrogen-bond donors (Lipinski definition) is 0. The first kappa shape index (κ1) is 7.64. The number of rotatable bonds is 1. The maximum Gasteiger partial charge on any atom is 0.231 e. The fourth-order valence-electron chi connectivity index (χ4n) is 1.23. The average molecular weight is 203 g/mol. The predicted molar refractivity (Wildman–Crippen MR) is 52.9 cm³/mol. The Labute approximate surface area is 83.2 Å². The van der Waals surface area contributed by atoms with Gasteiger partial charge in [-0.2, -0.15) is 4.98 Å². The van der Waals surface area contributed by atoms with Crippen LogP contribution in [-0.2, 0) is 0 Å². The second-order valence-electron chi connectivity index (χ2n) is 2.74. The summed E-state index contributed by atoms with van der Waals surface area (Å²) in [6, 6.07) is 7.94. The lowest BCUT2D eigenvalue weighted by atomic mass is 10.3. The molecule has 0 N–H and O–H groups in total. The molecule has 0 saturated carbocycles. The van der Waals surface area contributed by atoms with Crippen molar-refractivity contribution < 1.29 is 4.52 Å². The largest absolute Gasteiger partial charge is 0.342 e. The lowest BCUT2D eigenvalue weighted by Crippen LogP contribution is -1.76. The highest BCUT2D eigenvalue weighted by atomic mass is 32.1. The van der Waals surface area contributed by atoms with Crippen molar-refractivity contribution in [2.75, 3.05) is 0 Å². The highest BCUT2D eigenvalue weighted by molar-refractivity contribution is 7.21. The number of aromatic nitrogens is 3. The van der Waals surface area contributed by atoms with Crippen molar-refractivity contribution in [3.8, 4) is 10.8 Å². The Morgan fingerprint density at radius 3 is 2.93 bits per heavy atom. The van der Waals surface area contributed by atoms with Crippen LogP contribution in [0.1, 0.15) is 0 Å². The Balaban J connectivity index is 2.24. The van der Waals surface area contributed by atoms with E-state index >= 15 is 0 Å². The third kappa shape index (κ3) is 1.10. The molecule has 3 rings (SSSR count). The monoisotopic (exact) mass is 203 g/mol. The molecule has 0 radical (unpaired) electrons. The topological polar surface area (TPSA) is 51.8 Å². The molecule has 14 heavy (non-hydrogen) atoms. The fraction of sp³-hybridized carbons (Fsp3) is 0. The second kappa shape index (κ2) is 2.88. The maximum atomic E-state index is 4.67. The molecule has 0 aliphatic heterocycles. The van der Waals surface area contributed by atoms with Crippen LogP contribution >= 0.6 is 11.3 Å². The highest BCUT2D eigenvalue weighted by Gasteiger charge is 2.08. The zero-order valence-electron chi connectivity index (χ0n) is 7.04. The molecule has 3 aromatic rings. The summed E-state index contributed by atoms with van der Waals surface area (Å²) in [5.74, 6) is 0.547. The van der Waals surface area contributed by atoms with Crippen LogP contribution in [0.3, 0.4) is 0 Å².